The van der Waals surface area contributed by atoms with Crippen LogP contribution in [-0.4, -0.2) is 73.1 Å². The van der Waals surface area contributed by atoms with Gasteiger partial charge < -0.3 is 14.5 Å². The van der Waals surface area contributed by atoms with Crippen LogP contribution in [0.4, 0.5) is 5.69 Å². The van der Waals surface area contributed by atoms with Gasteiger partial charge in [-0.1, -0.05) is 6.07 Å². The summed E-state index contributed by atoms with van der Waals surface area (Å²) in [7, 11) is 1.70. The number of methoxy groups -OCH3 is 1. The fraction of sp³-hybridized carbons (Fsp3) is 0.478. The number of pyridine rings is 1. The molecule has 6 nitrogen and oxygen atoms in total. The molecule has 0 saturated carbocycles. The Bertz CT molecular complexity index is 831. The zero-order chi connectivity index (χ0) is 20.2. The van der Waals surface area contributed by atoms with Crippen LogP contribution in [0.2, 0.25) is 0 Å². The van der Waals surface area contributed by atoms with Crippen LogP contribution in [0.3, 0.4) is 0 Å². The van der Waals surface area contributed by atoms with Crippen LogP contribution in [-0.2, 0) is 0 Å². The molecule has 6 heteroatoms. The number of hydrogen-bond donors (Lipinski definition) is 0. The molecule has 154 valence electrons. The SMILES string of the molecule is COc1ccc(N2CCN([C@@H]3CCCN(C(=O)c4cccc(C)n4)C3)CC2)cc1. The van der Waals surface area contributed by atoms with E-state index in [0.717, 1.165) is 63.6 Å². The molecule has 2 aromatic rings. The third-order valence-electron chi connectivity index (χ3n) is 6.06. The van der Waals surface area contributed by atoms with E-state index in [2.05, 4.69) is 26.9 Å². The number of piperazine rings is 1. The molecule has 2 aliphatic heterocycles. The molecule has 0 unspecified atom stereocenters. The third kappa shape index (κ3) is 4.53. The molecule has 29 heavy (non-hydrogen) atoms. The van der Waals surface area contributed by atoms with E-state index in [1.807, 2.05) is 42.2 Å². The number of benzene rings is 1. The van der Waals surface area contributed by atoms with Gasteiger partial charge in [-0.2, -0.15) is 0 Å². The number of aryl methyl sites for hydroxylation is 1. The molecule has 2 saturated heterocycles. The van der Waals surface area contributed by atoms with Crippen LogP contribution in [0, 0.1) is 6.92 Å². The quantitative estimate of drug-likeness (QED) is 0.798. The summed E-state index contributed by atoms with van der Waals surface area (Å²) in [5.41, 5.74) is 2.70. The van der Waals surface area contributed by atoms with E-state index in [1.165, 1.54) is 5.69 Å². The summed E-state index contributed by atoms with van der Waals surface area (Å²) in [5.74, 6) is 0.956. The van der Waals surface area contributed by atoms with Gasteiger partial charge in [-0.3, -0.25) is 9.69 Å². The second-order valence-electron chi connectivity index (χ2n) is 7.93. The first-order valence-corrected chi connectivity index (χ1v) is 10.5. The van der Waals surface area contributed by atoms with Crippen LogP contribution < -0.4 is 9.64 Å². The lowest BCUT2D eigenvalue weighted by Gasteiger charge is -2.43. The molecule has 0 radical (unpaired) electrons. The molecule has 2 fully saturated rings. The standard InChI is InChI=1S/C23H30N4O2/c1-18-5-3-7-22(24-18)23(28)27-12-4-6-20(17-27)26-15-13-25(14-16-26)19-8-10-21(29-2)11-9-19/h3,5,7-11,20H,4,6,12-17H2,1-2H3/t20-/m1/s1. The van der Waals surface area contributed by atoms with Gasteiger partial charge in [0.05, 0.1) is 7.11 Å². The highest BCUT2D eigenvalue weighted by atomic mass is 16.5. The smallest absolute Gasteiger partial charge is 0.272 e. The first-order valence-electron chi connectivity index (χ1n) is 10.5. The van der Waals surface area contributed by atoms with E-state index in [9.17, 15) is 4.79 Å². The molecular weight excluding hydrogens is 364 g/mol. The van der Waals surface area contributed by atoms with E-state index in [1.54, 1.807) is 7.11 Å². The van der Waals surface area contributed by atoms with Crippen molar-refractivity contribution in [3.8, 4) is 5.75 Å². The zero-order valence-electron chi connectivity index (χ0n) is 17.4. The van der Waals surface area contributed by atoms with Crippen molar-refractivity contribution in [3.05, 3.63) is 53.9 Å². The second-order valence-corrected chi connectivity index (χ2v) is 7.93. The lowest BCUT2D eigenvalue weighted by atomic mass is 10.0. The Morgan fingerprint density at radius 1 is 1.03 bits per heavy atom. The number of carbonyl (C=O) groups excluding carboxylic acids is 1. The summed E-state index contributed by atoms with van der Waals surface area (Å²) in [6.07, 6.45) is 2.22. The number of amides is 1. The Morgan fingerprint density at radius 2 is 1.79 bits per heavy atom. The van der Waals surface area contributed by atoms with Crippen LogP contribution in [0.1, 0.15) is 29.0 Å². The van der Waals surface area contributed by atoms with Gasteiger partial charge in [0, 0.05) is 56.7 Å². The highest BCUT2D eigenvalue weighted by molar-refractivity contribution is 5.92. The number of ether oxygens (including phenoxy) is 1. The van der Waals surface area contributed by atoms with Crippen LogP contribution in [0.15, 0.2) is 42.5 Å². The molecule has 1 amide bonds. The van der Waals surface area contributed by atoms with Gasteiger partial charge >= 0.3 is 0 Å². The number of nitrogens with zero attached hydrogens (tertiary/aromatic N) is 4. The fourth-order valence-electron chi connectivity index (χ4n) is 4.40. The number of rotatable bonds is 4. The number of anilines is 1. The Balaban J connectivity index is 1.34. The van der Waals surface area contributed by atoms with Crippen molar-refractivity contribution in [1.29, 1.82) is 0 Å². The summed E-state index contributed by atoms with van der Waals surface area (Å²) in [5, 5.41) is 0. The van der Waals surface area contributed by atoms with Gasteiger partial charge in [0.1, 0.15) is 11.4 Å². The number of likely N-dealkylation sites (tertiary alicyclic amines) is 1. The summed E-state index contributed by atoms with van der Waals surface area (Å²) in [6, 6.07) is 14.4. The zero-order valence-corrected chi connectivity index (χ0v) is 17.4. The monoisotopic (exact) mass is 394 g/mol. The van der Waals surface area contributed by atoms with Crippen LogP contribution in [0.25, 0.3) is 0 Å². The molecule has 0 spiro atoms. The minimum absolute atomic E-state index is 0.0651. The van der Waals surface area contributed by atoms with E-state index in [4.69, 9.17) is 4.74 Å². The summed E-state index contributed by atoms with van der Waals surface area (Å²) in [6.45, 7) is 7.64. The molecule has 2 aliphatic rings. The predicted molar refractivity (Wildman–Crippen MR) is 115 cm³/mol. The molecule has 0 aliphatic carbocycles. The molecule has 4 rings (SSSR count). The van der Waals surface area contributed by atoms with Crippen molar-refractivity contribution >= 4 is 11.6 Å². The highest BCUT2D eigenvalue weighted by Crippen LogP contribution is 2.23. The van der Waals surface area contributed by atoms with Crippen LogP contribution in [0.5, 0.6) is 5.75 Å². The van der Waals surface area contributed by atoms with Gasteiger partial charge in [0.2, 0.25) is 0 Å². The molecule has 1 atom stereocenters. The summed E-state index contributed by atoms with van der Waals surface area (Å²) in [4.78, 5) is 24.3. The third-order valence-corrected chi connectivity index (χ3v) is 6.06. The fourth-order valence-corrected chi connectivity index (χ4v) is 4.40. The number of aromatic nitrogens is 1. The lowest BCUT2D eigenvalue weighted by Crippen LogP contribution is -2.56. The minimum atomic E-state index is 0.0651. The molecule has 0 N–H and O–H groups in total. The van der Waals surface area contributed by atoms with Gasteiger partial charge in [0.15, 0.2) is 0 Å². The predicted octanol–water partition coefficient (Wildman–Crippen LogP) is 2.83. The van der Waals surface area contributed by atoms with Gasteiger partial charge in [0.25, 0.3) is 5.91 Å². The maximum atomic E-state index is 12.9. The Morgan fingerprint density at radius 3 is 2.48 bits per heavy atom. The number of carbonyl (C=O) groups is 1. The van der Waals surface area contributed by atoms with Gasteiger partial charge in [-0.15, -0.1) is 0 Å². The molecular formula is C23H30N4O2. The largest absolute Gasteiger partial charge is 0.497 e. The normalized spacial score (nSPS) is 20.6. The minimum Gasteiger partial charge on any atom is -0.497 e. The van der Waals surface area contributed by atoms with E-state index < -0.39 is 0 Å². The van der Waals surface area contributed by atoms with Crippen molar-refractivity contribution in [3.63, 3.8) is 0 Å². The topological polar surface area (TPSA) is 48.9 Å². The Hall–Kier alpha value is -2.60. The first-order chi connectivity index (χ1) is 14.1. The lowest BCUT2D eigenvalue weighted by molar-refractivity contribution is 0.0558. The van der Waals surface area contributed by atoms with Crippen LogP contribution >= 0.6 is 0 Å². The number of hydrogen-bond acceptors (Lipinski definition) is 5. The molecule has 0 bridgehead atoms. The van der Waals surface area contributed by atoms with Crippen molar-refractivity contribution in [2.75, 3.05) is 51.3 Å². The summed E-state index contributed by atoms with van der Waals surface area (Å²) >= 11 is 0. The average molecular weight is 395 g/mol. The van der Waals surface area contributed by atoms with Crippen molar-refractivity contribution in [2.45, 2.75) is 25.8 Å². The maximum absolute atomic E-state index is 12.9. The summed E-state index contributed by atoms with van der Waals surface area (Å²) < 4.78 is 5.26. The van der Waals surface area contributed by atoms with Crippen molar-refractivity contribution in [1.82, 2.24) is 14.8 Å². The average Bonchev–Trinajstić information content (AvgIpc) is 2.79. The van der Waals surface area contributed by atoms with E-state index in [-0.39, 0.29) is 5.91 Å². The Labute approximate surface area is 173 Å². The van der Waals surface area contributed by atoms with Crippen molar-refractivity contribution in [2.24, 2.45) is 0 Å². The molecule has 1 aromatic heterocycles. The van der Waals surface area contributed by atoms with Gasteiger partial charge in [-0.25, -0.2) is 4.98 Å². The van der Waals surface area contributed by atoms with Gasteiger partial charge in [-0.05, 0) is 56.2 Å². The van der Waals surface area contributed by atoms with Crippen molar-refractivity contribution < 1.29 is 9.53 Å². The van der Waals surface area contributed by atoms with E-state index in [0.29, 0.717) is 11.7 Å². The first kappa shape index (κ1) is 19.7. The number of piperidine rings is 1. The molecule has 1 aromatic carbocycles. The molecule has 3 heterocycles. The van der Waals surface area contributed by atoms with E-state index >= 15 is 0 Å². The Kier molecular flexibility index (Phi) is 6.00. The highest BCUT2D eigenvalue weighted by Gasteiger charge is 2.30. The second kappa shape index (κ2) is 8.82. The maximum Gasteiger partial charge on any atom is 0.272 e.